The predicted molar refractivity (Wildman–Crippen MR) is 93.7 cm³/mol. The van der Waals surface area contributed by atoms with Crippen LogP contribution in [0.15, 0.2) is 4.34 Å². The first-order valence-corrected chi connectivity index (χ1v) is 9.77. The number of carbonyl (C=O) groups is 2. The van der Waals surface area contributed by atoms with E-state index in [1.54, 1.807) is 0 Å². The van der Waals surface area contributed by atoms with Crippen molar-refractivity contribution in [1.29, 1.82) is 0 Å². The quantitative estimate of drug-likeness (QED) is 0.648. The van der Waals surface area contributed by atoms with E-state index in [0.717, 1.165) is 12.8 Å². The standard InChI is InChI=1S/C15H24N4O2S2/c1-9(2)13(21)16-14-17-18-15(23-14)22-8-12(20)19-10(3)6-5-7-11(19)4/h9-11H,5-8H2,1-4H3,(H,16,17,21)/t10-,11+. The molecule has 0 bridgehead atoms. The molecule has 1 aliphatic rings. The van der Waals surface area contributed by atoms with Gasteiger partial charge in [-0.3, -0.25) is 9.59 Å². The van der Waals surface area contributed by atoms with Gasteiger partial charge in [-0.25, -0.2) is 0 Å². The van der Waals surface area contributed by atoms with Gasteiger partial charge in [0.05, 0.1) is 5.75 Å². The number of rotatable bonds is 5. The smallest absolute Gasteiger partial charge is 0.233 e. The summed E-state index contributed by atoms with van der Waals surface area (Å²) in [7, 11) is 0. The number of piperidine rings is 1. The highest BCUT2D eigenvalue weighted by atomic mass is 32.2. The first-order chi connectivity index (χ1) is 10.9. The third kappa shape index (κ3) is 4.91. The van der Waals surface area contributed by atoms with Crippen LogP contribution in [0.25, 0.3) is 0 Å². The van der Waals surface area contributed by atoms with E-state index >= 15 is 0 Å². The Morgan fingerprint density at radius 2 is 1.96 bits per heavy atom. The van der Waals surface area contributed by atoms with Crippen molar-refractivity contribution < 1.29 is 9.59 Å². The van der Waals surface area contributed by atoms with Gasteiger partial charge < -0.3 is 10.2 Å². The van der Waals surface area contributed by atoms with Gasteiger partial charge in [0.2, 0.25) is 16.9 Å². The fourth-order valence-electron chi connectivity index (χ4n) is 2.68. The monoisotopic (exact) mass is 356 g/mol. The number of aromatic nitrogens is 2. The molecule has 0 unspecified atom stereocenters. The van der Waals surface area contributed by atoms with E-state index in [1.165, 1.54) is 29.5 Å². The lowest BCUT2D eigenvalue weighted by molar-refractivity contribution is -0.134. The van der Waals surface area contributed by atoms with Crippen molar-refractivity contribution in [1.82, 2.24) is 15.1 Å². The Hall–Kier alpha value is -1.15. The number of likely N-dealkylation sites (tertiary alicyclic amines) is 1. The van der Waals surface area contributed by atoms with Gasteiger partial charge in [0.15, 0.2) is 4.34 Å². The van der Waals surface area contributed by atoms with Gasteiger partial charge >= 0.3 is 0 Å². The molecular weight excluding hydrogens is 332 g/mol. The normalized spacial score (nSPS) is 21.5. The van der Waals surface area contributed by atoms with Crippen molar-refractivity contribution in [2.24, 2.45) is 5.92 Å². The summed E-state index contributed by atoms with van der Waals surface area (Å²) in [6.45, 7) is 7.88. The summed E-state index contributed by atoms with van der Waals surface area (Å²) in [6, 6.07) is 0.615. The second-order valence-electron chi connectivity index (χ2n) is 6.24. The van der Waals surface area contributed by atoms with E-state index in [2.05, 4.69) is 29.4 Å². The van der Waals surface area contributed by atoms with Crippen molar-refractivity contribution >= 4 is 40.0 Å². The maximum atomic E-state index is 12.5. The first-order valence-electron chi connectivity index (χ1n) is 7.96. The number of amides is 2. The van der Waals surface area contributed by atoms with Crippen LogP contribution < -0.4 is 5.32 Å². The molecule has 2 heterocycles. The molecule has 1 aliphatic heterocycles. The van der Waals surface area contributed by atoms with Crippen LogP contribution in [0.4, 0.5) is 5.13 Å². The Morgan fingerprint density at radius 3 is 2.57 bits per heavy atom. The lowest BCUT2D eigenvalue weighted by atomic mass is 9.98. The summed E-state index contributed by atoms with van der Waals surface area (Å²) in [5.41, 5.74) is 0. The molecule has 2 amide bonds. The Balaban J connectivity index is 1.87. The lowest BCUT2D eigenvalue weighted by Gasteiger charge is -2.39. The SMILES string of the molecule is CC(C)C(=O)Nc1nnc(SCC(=O)N2[C@H](C)CCC[C@@H]2C)s1. The van der Waals surface area contributed by atoms with Gasteiger partial charge in [0.1, 0.15) is 0 Å². The molecule has 0 spiro atoms. The number of thioether (sulfide) groups is 1. The zero-order chi connectivity index (χ0) is 17.0. The van der Waals surface area contributed by atoms with E-state index in [0.29, 0.717) is 27.3 Å². The summed E-state index contributed by atoms with van der Waals surface area (Å²) in [5, 5.41) is 11.2. The number of nitrogens with one attached hydrogen (secondary N) is 1. The van der Waals surface area contributed by atoms with E-state index < -0.39 is 0 Å². The molecule has 8 heteroatoms. The molecule has 0 aromatic carbocycles. The van der Waals surface area contributed by atoms with E-state index in [1.807, 2.05) is 18.7 Å². The van der Waals surface area contributed by atoms with Crippen LogP contribution in [0, 0.1) is 5.92 Å². The molecule has 1 N–H and O–H groups in total. The van der Waals surface area contributed by atoms with Gasteiger partial charge in [-0.15, -0.1) is 10.2 Å². The minimum Gasteiger partial charge on any atom is -0.337 e. The average molecular weight is 357 g/mol. The largest absolute Gasteiger partial charge is 0.337 e. The summed E-state index contributed by atoms with van der Waals surface area (Å²) in [6.07, 6.45) is 3.34. The van der Waals surface area contributed by atoms with E-state index in [9.17, 15) is 9.59 Å². The third-order valence-electron chi connectivity index (χ3n) is 3.96. The minimum atomic E-state index is -0.0985. The van der Waals surface area contributed by atoms with Crippen molar-refractivity contribution in [3.63, 3.8) is 0 Å². The molecule has 1 saturated heterocycles. The van der Waals surface area contributed by atoms with Crippen LogP contribution in [0.3, 0.4) is 0 Å². The second kappa shape index (κ2) is 8.10. The molecule has 0 saturated carbocycles. The van der Waals surface area contributed by atoms with E-state index in [4.69, 9.17) is 0 Å². The number of hydrogen-bond donors (Lipinski definition) is 1. The molecule has 0 radical (unpaired) electrons. The number of nitrogens with zero attached hydrogens (tertiary/aromatic N) is 3. The number of hydrogen-bond acceptors (Lipinski definition) is 6. The van der Waals surface area contributed by atoms with Crippen LogP contribution in [0.1, 0.15) is 47.0 Å². The second-order valence-corrected chi connectivity index (χ2v) is 8.44. The van der Waals surface area contributed by atoms with E-state index in [-0.39, 0.29) is 17.7 Å². The molecular formula is C15H24N4O2S2. The van der Waals surface area contributed by atoms with Crippen LogP contribution in [-0.4, -0.2) is 44.7 Å². The Kier molecular flexibility index (Phi) is 6.41. The summed E-state index contributed by atoms with van der Waals surface area (Å²) >= 11 is 2.69. The fourth-order valence-corrected chi connectivity index (χ4v) is 4.30. The van der Waals surface area contributed by atoms with Gasteiger partial charge in [0.25, 0.3) is 0 Å². The maximum absolute atomic E-state index is 12.5. The highest BCUT2D eigenvalue weighted by Crippen LogP contribution is 2.28. The topological polar surface area (TPSA) is 75.2 Å². The third-order valence-corrected chi connectivity index (χ3v) is 5.92. The molecule has 0 aliphatic carbocycles. The maximum Gasteiger partial charge on any atom is 0.233 e. The number of anilines is 1. The molecule has 23 heavy (non-hydrogen) atoms. The first kappa shape index (κ1) is 18.2. The lowest BCUT2D eigenvalue weighted by Crippen LogP contribution is -2.48. The summed E-state index contributed by atoms with van der Waals surface area (Å²) in [4.78, 5) is 26.1. The molecule has 2 atom stereocenters. The van der Waals surface area contributed by atoms with Crippen LogP contribution >= 0.6 is 23.1 Å². The predicted octanol–water partition coefficient (Wildman–Crippen LogP) is 3.01. The van der Waals surface area contributed by atoms with Crippen molar-refractivity contribution in [3.8, 4) is 0 Å². The van der Waals surface area contributed by atoms with Crippen molar-refractivity contribution in [2.75, 3.05) is 11.1 Å². The molecule has 2 rings (SSSR count). The average Bonchev–Trinajstić information content (AvgIpc) is 2.92. The Labute approximate surface area is 145 Å². The highest BCUT2D eigenvalue weighted by molar-refractivity contribution is 8.01. The van der Waals surface area contributed by atoms with Gasteiger partial charge in [0, 0.05) is 18.0 Å². The van der Waals surface area contributed by atoms with Crippen LogP contribution in [0.5, 0.6) is 0 Å². The van der Waals surface area contributed by atoms with Gasteiger partial charge in [-0.05, 0) is 33.1 Å². The van der Waals surface area contributed by atoms with Gasteiger partial charge in [-0.2, -0.15) is 0 Å². The summed E-state index contributed by atoms with van der Waals surface area (Å²) < 4.78 is 0.703. The fraction of sp³-hybridized carbons (Fsp3) is 0.733. The molecule has 1 aromatic heterocycles. The van der Waals surface area contributed by atoms with Crippen molar-refractivity contribution in [2.45, 2.75) is 63.4 Å². The van der Waals surface area contributed by atoms with Gasteiger partial charge in [-0.1, -0.05) is 36.9 Å². The van der Waals surface area contributed by atoms with Crippen LogP contribution in [-0.2, 0) is 9.59 Å². The Morgan fingerprint density at radius 1 is 1.30 bits per heavy atom. The molecule has 128 valence electrons. The zero-order valence-electron chi connectivity index (χ0n) is 14.0. The summed E-state index contributed by atoms with van der Waals surface area (Å²) in [5.74, 6) is 0.336. The molecule has 1 fully saturated rings. The number of carbonyl (C=O) groups excluding carboxylic acids is 2. The molecule has 6 nitrogen and oxygen atoms in total. The Bertz CT molecular complexity index is 551. The van der Waals surface area contributed by atoms with Crippen LogP contribution in [0.2, 0.25) is 0 Å². The van der Waals surface area contributed by atoms with Crippen molar-refractivity contribution in [3.05, 3.63) is 0 Å². The highest BCUT2D eigenvalue weighted by Gasteiger charge is 2.28. The molecule has 1 aromatic rings. The minimum absolute atomic E-state index is 0.0789. The zero-order valence-corrected chi connectivity index (χ0v) is 15.7.